The summed E-state index contributed by atoms with van der Waals surface area (Å²) < 4.78 is 17.6. The highest BCUT2D eigenvalue weighted by Gasteiger charge is 2.14. The van der Waals surface area contributed by atoms with Gasteiger partial charge in [0, 0.05) is 17.3 Å². The normalized spacial score (nSPS) is 10.8. The van der Waals surface area contributed by atoms with Crippen molar-refractivity contribution in [1.29, 1.82) is 0 Å². The van der Waals surface area contributed by atoms with Gasteiger partial charge in [-0.2, -0.15) is 0 Å². The Hall–Kier alpha value is -4.26. The Morgan fingerprint density at radius 1 is 0.833 bits per heavy atom. The Labute approximate surface area is 210 Å². The van der Waals surface area contributed by atoms with Gasteiger partial charge in [-0.25, -0.2) is 0 Å². The third-order valence-electron chi connectivity index (χ3n) is 5.97. The van der Waals surface area contributed by atoms with Gasteiger partial charge in [-0.15, -0.1) is 0 Å². The molecule has 0 bridgehead atoms. The van der Waals surface area contributed by atoms with Crippen molar-refractivity contribution in [2.75, 3.05) is 26.1 Å². The number of benzene rings is 3. The maximum atomic E-state index is 13.5. The van der Waals surface area contributed by atoms with Crippen LogP contribution in [0.5, 0.6) is 17.2 Å². The van der Waals surface area contributed by atoms with Crippen LogP contribution >= 0.6 is 0 Å². The molecule has 3 aromatic carbocycles. The summed E-state index contributed by atoms with van der Waals surface area (Å²) in [4.78, 5) is 26.5. The largest absolute Gasteiger partial charge is 0.497 e. The lowest BCUT2D eigenvalue weighted by atomic mass is 10.0. The minimum Gasteiger partial charge on any atom is -0.497 e. The number of hydrogen-bond donors (Lipinski definition) is 1. The standard InChI is InChI=1S/C29H30N2O5/c1-4-36-25-15-10-23(11-16-25)30-28(32)19-31-27-18-26(35-3)14-9-21(27)17-22(29(31)33)8-5-20-6-12-24(34-2)13-7-20/h6-7,9-18H,4-5,8,19H2,1-3H3,(H,30,32). The predicted molar refractivity (Wildman–Crippen MR) is 141 cm³/mol. The molecule has 4 aromatic rings. The zero-order valence-corrected chi connectivity index (χ0v) is 20.7. The number of anilines is 1. The fourth-order valence-electron chi connectivity index (χ4n) is 4.09. The monoisotopic (exact) mass is 486 g/mol. The van der Waals surface area contributed by atoms with Gasteiger partial charge in [0.05, 0.1) is 26.3 Å². The number of pyridine rings is 1. The van der Waals surface area contributed by atoms with Crippen LogP contribution in [0.2, 0.25) is 0 Å². The zero-order valence-electron chi connectivity index (χ0n) is 20.7. The number of hydrogen-bond acceptors (Lipinski definition) is 5. The summed E-state index contributed by atoms with van der Waals surface area (Å²) >= 11 is 0. The minimum atomic E-state index is -0.294. The van der Waals surface area contributed by atoms with Crippen molar-refractivity contribution in [1.82, 2.24) is 4.57 Å². The Morgan fingerprint density at radius 3 is 2.17 bits per heavy atom. The van der Waals surface area contributed by atoms with Crippen LogP contribution in [0.15, 0.2) is 77.6 Å². The number of fused-ring (bicyclic) bond motifs is 1. The van der Waals surface area contributed by atoms with Crippen molar-refractivity contribution in [3.63, 3.8) is 0 Å². The summed E-state index contributed by atoms with van der Waals surface area (Å²) in [6, 6.07) is 22.4. The highest BCUT2D eigenvalue weighted by Crippen LogP contribution is 2.22. The topological polar surface area (TPSA) is 78.8 Å². The molecule has 1 amide bonds. The molecule has 36 heavy (non-hydrogen) atoms. The number of nitrogens with zero attached hydrogens (tertiary/aromatic N) is 1. The molecule has 0 saturated heterocycles. The Morgan fingerprint density at radius 2 is 1.50 bits per heavy atom. The number of methoxy groups -OCH3 is 2. The molecular weight excluding hydrogens is 456 g/mol. The molecule has 0 fully saturated rings. The van der Waals surface area contributed by atoms with E-state index in [9.17, 15) is 9.59 Å². The molecule has 186 valence electrons. The van der Waals surface area contributed by atoms with Crippen LogP contribution in [-0.4, -0.2) is 31.3 Å². The molecule has 0 atom stereocenters. The second kappa shape index (κ2) is 11.4. The van der Waals surface area contributed by atoms with Crippen LogP contribution in [0.3, 0.4) is 0 Å². The van der Waals surface area contributed by atoms with Crippen LogP contribution in [0.25, 0.3) is 10.9 Å². The van der Waals surface area contributed by atoms with Gasteiger partial charge >= 0.3 is 0 Å². The van der Waals surface area contributed by atoms with Crippen LogP contribution in [0.4, 0.5) is 5.69 Å². The summed E-state index contributed by atoms with van der Waals surface area (Å²) in [7, 11) is 3.21. The smallest absolute Gasteiger partial charge is 0.254 e. The number of nitrogens with one attached hydrogen (secondary N) is 1. The number of amides is 1. The van der Waals surface area contributed by atoms with E-state index >= 15 is 0 Å². The van der Waals surface area contributed by atoms with Crippen LogP contribution < -0.4 is 25.1 Å². The number of carbonyl (C=O) groups is 1. The van der Waals surface area contributed by atoms with Gasteiger partial charge < -0.3 is 19.5 Å². The molecule has 0 aliphatic heterocycles. The van der Waals surface area contributed by atoms with Crippen LogP contribution in [0, 0.1) is 0 Å². The van der Waals surface area contributed by atoms with E-state index in [0.717, 1.165) is 22.4 Å². The Bertz CT molecular complexity index is 1390. The molecule has 4 rings (SSSR count). The van der Waals surface area contributed by atoms with Crippen molar-refractivity contribution >= 4 is 22.5 Å². The van der Waals surface area contributed by atoms with E-state index in [0.29, 0.717) is 42.0 Å². The summed E-state index contributed by atoms with van der Waals surface area (Å²) in [5.74, 6) is 1.85. The summed E-state index contributed by atoms with van der Waals surface area (Å²) in [5, 5.41) is 3.74. The molecule has 0 unspecified atom stereocenters. The molecule has 7 nitrogen and oxygen atoms in total. The van der Waals surface area contributed by atoms with Gasteiger partial charge in [-0.05, 0) is 85.3 Å². The van der Waals surface area contributed by atoms with E-state index in [-0.39, 0.29) is 18.0 Å². The lowest BCUT2D eigenvalue weighted by Gasteiger charge is -2.14. The van der Waals surface area contributed by atoms with Crippen molar-refractivity contribution in [3.05, 3.63) is 94.3 Å². The average molecular weight is 487 g/mol. The van der Waals surface area contributed by atoms with E-state index < -0.39 is 0 Å². The number of aromatic nitrogens is 1. The second-order valence-corrected chi connectivity index (χ2v) is 8.34. The van der Waals surface area contributed by atoms with Crippen molar-refractivity contribution in [2.45, 2.75) is 26.3 Å². The number of aryl methyl sites for hydroxylation is 2. The third kappa shape index (κ3) is 5.86. The van der Waals surface area contributed by atoms with Gasteiger partial charge in [0.1, 0.15) is 23.8 Å². The Balaban J connectivity index is 1.60. The first-order chi connectivity index (χ1) is 17.5. The highest BCUT2D eigenvalue weighted by atomic mass is 16.5. The quantitative estimate of drug-likeness (QED) is 0.347. The van der Waals surface area contributed by atoms with Gasteiger partial charge in [-0.3, -0.25) is 14.2 Å². The maximum absolute atomic E-state index is 13.5. The average Bonchev–Trinajstić information content (AvgIpc) is 2.90. The first kappa shape index (κ1) is 24.9. The maximum Gasteiger partial charge on any atom is 0.254 e. The van der Waals surface area contributed by atoms with Crippen LogP contribution in [0.1, 0.15) is 18.1 Å². The van der Waals surface area contributed by atoms with E-state index in [4.69, 9.17) is 14.2 Å². The van der Waals surface area contributed by atoms with E-state index in [1.54, 1.807) is 44.6 Å². The number of ether oxygens (including phenoxy) is 3. The van der Waals surface area contributed by atoms with Crippen molar-refractivity contribution < 1.29 is 19.0 Å². The fraction of sp³-hybridized carbons (Fsp3) is 0.241. The van der Waals surface area contributed by atoms with Gasteiger partial charge in [0.2, 0.25) is 5.91 Å². The molecule has 1 heterocycles. The molecule has 7 heteroatoms. The molecule has 0 saturated carbocycles. The van der Waals surface area contributed by atoms with E-state index in [2.05, 4.69) is 5.32 Å². The molecule has 0 spiro atoms. The minimum absolute atomic E-state index is 0.119. The first-order valence-electron chi connectivity index (χ1n) is 11.9. The molecule has 1 N–H and O–H groups in total. The lowest BCUT2D eigenvalue weighted by molar-refractivity contribution is -0.116. The number of rotatable bonds is 10. The molecule has 0 aliphatic carbocycles. The van der Waals surface area contributed by atoms with Crippen molar-refractivity contribution in [3.8, 4) is 17.2 Å². The van der Waals surface area contributed by atoms with E-state index in [1.807, 2.05) is 49.4 Å². The first-order valence-corrected chi connectivity index (χ1v) is 11.9. The molecule has 0 aliphatic rings. The molecule has 0 radical (unpaired) electrons. The number of carbonyl (C=O) groups excluding carboxylic acids is 1. The SMILES string of the molecule is CCOc1ccc(NC(=O)Cn2c(=O)c(CCc3ccc(OC)cc3)cc3ccc(OC)cc32)cc1. The zero-order chi connectivity index (χ0) is 25.5. The van der Waals surface area contributed by atoms with Crippen molar-refractivity contribution in [2.24, 2.45) is 0 Å². The third-order valence-corrected chi connectivity index (χ3v) is 5.97. The molecule has 1 aromatic heterocycles. The van der Waals surface area contributed by atoms with Gasteiger partial charge in [-0.1, -0.05) is 12.1 Å². The Kier molecular flexibility index (Phi) is 7.90. The second-order valence-electron chi connectivity index (χ2n) is 8.34. The van der Waals surface area contributed by atoms with Gasteiger partial charge in [0.25, 0.3) is 5.56 Å². The van der Waals surface area contributed by atoms with Crippen LogP contribution in [-0.2, 0) is 24.2 Å². The summed E-state index contributed by atoms with van der Waals surface area (Å²) in [5.41, 5.74) is 2.84. The highest BCUT2D eigenvalue weighted by molar-refractivity contribution is 5.92. The van der Waals surface area contributed by atoms with E-state index in [1.165, 1.54) is 4.57 Å². The fourth-order valence-corrected chi connectivity index (χ4v) is 4.09. The van der Waals surface area contributed by atoms with Gasteiger partial charge in [0.15, 0.2) is 0 Å². The predicted octanol–water partition coefficient (Wildman–Crippen LogP) is 4.84. The lowest BCUT2D eigenvalue weighted by Crippen LogP contribution is -2.30. The summed E-state index contributed by atoms with van der Waals surface area (Å²) in [6.45, 7) is 2.36. The summed E-state index contributed by atoms with van der Waals surface area (Å²) in [6.07, 6.45) is 1.24. The molecular formula is C29H30N2O5.